The molecule has 1 aromatic rings. The van der Waals surface area contributed by atoms with Crippen molar-refractivity contribution in [3.8, 4) is 0 Å². The van der Waals surface area contributed by atoms with E-state index in [0.29, 0.717) is 24.9 Å². The Kier molecular flexibility index (Phi) is 14.6. The van der Waals surface area contributed by atoms with Crippen LogP contribution in [-0.4, -0.2) is 135 Å². The van der Waals surface area contributed by atoms with Crippen LogP contribution in [0.1, 0.15) is 107 Å². The summed E-state index contributed by atoms with van der Waals surface area (Å²) in [4.78, 5) is 30.8. The van der Waals surface area contributed by atoms with Crippen LogP contribution in [0.3, 0.4) is 0 Å². The van der Waals surface area contributed by atoms with Crippen molar-refractivity contribution in [1.29, 1.82) is 0 Å². The number of aliphatic hydroxyl groups excluding tert-OH is 2. The fourth-order valence-corrected chi connectivity index (χ4v) is 14.3. The molecule has 1 unspecified atom stereocenters. The molecule has 15 atom stereocenters. The van der Waals surface area contributed by atoms with Gasteiger partial charge < -0.3 is 48.6 Å². The third kappa shape index (κ3) is 7.46. The number of aliphatic hydroxyl groups is 3. The van der Waals surface area contributed by atoms with Crippen LogP contribution >= 0.6 is 0 Å². The Morgan fingerprint density at radius 1 is 0.852 bits per heavy atom. The van der Waals surface area contributed by atoms with Gasteiger partial charge in [0.1, 0.15) is 23.9 Å². The summed E-state index contributed by atoms with van der Waals surface area (Å²) in [6, 6.07) is 8.26. The number of fused-ring (bicyclic) bond motifs is 2. The molecule has 0 radical (unpaired) electrons. The Bertz CT molecular complexity index is 1710. The van der Waals surface area contributed by atoms with Crippen molar-refractivity contribution in [1.82, 2.24) is 4.90 Å². The quantitative estimate of drug-likeness (QED) is 0.0708. The van der Waals surface area contributed by atoms with Crippen LogP contribution in [0, 0.1) is 34.5 Å². The summed E-state index contributed by atoms with van der Waals surface area (Å²) < 4.78 is 38.5. The van der Waals surface area contributed by atoms with Crippen molar-refractivity contribution >= 4 is 11.9 Å². The molecule has 340 valence electrons. The normalized spacial score (nSPS) is 40.8. The zero-order chi connectivity index (χ0) is 43.6. The summed E-state index contributed by atoms with van der Waals surface area (Å²) in [5.74, 6) is -3.54. The van der Waals surface area contributed by atoms with Crippen LogP contribution in [0.25, 0.3) is 0 Å². The molecule has 7 rings (SSSR count). The summed E-state index contributed by atoms with van der Waals surface area (Å²) in [5, 5.41) is 38.1. The van der Waals surface area contributed by atoms with Gasteiger partial charge in [0, 0.05) is 82.5 Å². The van der Waals surface area contributed by atoms with Gasteiger partial charge in [-0.15, -0.1) is 0 Å². The maximum absolute atomic E-state index is 14.5. The lowest BCUT2D eigenvalue weighted by atomic mass is 9.42. The SMILES string of the molecule is CCCCC/C=C\C/C=C\CCCCCCCC(=O)O[C@]12[C@H]3[C@@H](OC(=O)c4ccccc4)[C@@](O)(C[C@H]3[C@@]34[C@@H](OC)CC(O)[C@@]5(COC)CN(C)[C@@H]3[C@@H]1[C@H](OC)[C@H]54)[C@@H](OC)[C@@H]2O. The Hall–Kier alpha value is -2.68. The van der Waals surface area contributed by atoms with E-state index in [1.165, 1.54) is 26.4 Å². The van der Waals surface area contributed by atoms with Crippen LogP contribution in [0.15, 0.2) is 54.6 Å². The molecule has 3 N–H and O–H groups in total. The summed E-state index contributed by atoms with van der Waals surface area (Å²) in [6.07, 6.45) is 15.1. The Balaban J connectivity index is 1.18. The van der Waals surface area contributed by atoms with Gasteiger partial charge in [-0.1, -0.05) is 81.5 Å². The highest BCUT2D eigenvalue weighted by atomic mass is 16.6. The minimum atomic E-state index is -1.85. The summed E-state index contributed by atoms with van der Waals surface area (Å²) in [5.41, 5.74) is -4.87. The number of hydrogen-bond donors (Lipinski definition) is 3. The van der Waals surface area contributed by atoms with E-state index in [1.807, 2.05) is 13.1 Å². The van der Waals surface area contributed by atoms with Crippen LogP contribution in [0.5, 0.6) is 0 Å². The first-order valence-corrected chi connectivity index (χ1v) is 23.1. The first kappa shape index (κ1) is 46.3. The molecule has 61 heavy (non-hydrogen) atoms. The molecular weight excluding hydrogens is 779 g/mol. The van der Waals surface area contributed by atoms with Crippen molar-refractivity contribution in [3.63, 3.8) is 0 Å². The number of carbonyl (C=O) groups excluding carboxylic acids is 2. The fourth-order valence-electron chi connectivity index (χ4n) is 14.3. The number of methoxy groups -OCH3 is 4. The highest BCUT2D eigenvalue weighted by molar-refractivity contribution is 5.89. The second kappa shape index (κ2) is 19.2. The van der Waals surface area contributed by atoms with E-state index in [4.69, 9.17) is 28.4 Å². The smallest absolute Gasteiger partial charge is 0.338 e. The van der Waals surface area contributed by atoms with E-state index in [0.717, 1.165) is 44.9 Å². The molecule has 0 amide bonds. The third-order valence-electron chi connectivity index (χ3n) is 16.2. The minimum absolute atomic E-state index is 0.0766. The van der Waals surface area contributed by atoms with E-state index < -0.39 is 88.3 Å². The predicted octanol–water partition coefficient (Wildman–Crippen LogP) is 6.05. The first-order chi connectivity index (χ1) is 29.5. The zero-order valence-corrected chi connectivity index (χ0v) is 37.4. The summed E-state index contributed by atoms with van der Waals surface area (Å²) in [6.45, 7) is 2.93. The lowest BCUT2D eigenvalue weighted by Crippen LogP contribution is -2.81. The van der Waals surface area contributed by atoms with Crippen LogP contribution in [0.2, 0.25) is 0 Å². The Labute approximate surface area is 363 Å². The second-order valence-electron chi connectivity index (χ2n) is 19.1. The van der Waals surface area contributed by atoms with E-state index >= 15 is 0 Å². The molecule has 12 heteroatoms. The summed E-state index contributed by atoms with van der Waals surface area (Å²) >= 11 is 0. The van der Waals surface area contributed by atoms with Gasteiger partial charge in [-0.2, -0.15) is 0 Å². The van der Waals surface area contributed by atoms with Crippen molar-refractivity contribution in [2.24, 2.45) is 34.5 Å². The maximum atomic E-state index is 14.5. The molecule has 12 nitrogen and oxygen atoms in total. The van der Waals surface area contributed by atoms with E-state index in [-0.39, 0.29) is 31.4 Å². The number of esters is 2. The zero-order valence-electron chi connectivity index (χ0n) is 37.4. The van der Waals surface area contributed by atoms with E-state index in [2.05, 4.69) is 36.1 Å². The third-order valence-corrected chi connectivity index (χ3v) is 16.2. The number of allylic oxidation sites excluding steroid dienone is 4. The molecule has 5 aliphatic carbocycles. The molecule has 1 spiro atoms. The monoisotopic (exact) mass is 852 g/mol. The first-order valence-electron chi connectivity index (χ1n) is 23.1. The molecule has 5 saturated carbocycles. The predicted molar refractivity (Wildman–Crippen MR) is 230 cm³/mol. The van der Waals surface area contributed by atoms with E-state index in [1.54, 1.807) is 45.6 Å². The van der Waals surface area contributed by atoms with Crippen molar-refractivity contribution in [2.45, 2.75) is 151 Å². The van der Waals surface area contributed by atoms with Gasteiger partial charge >= 0.3 is 11.9 Å². The standard InChI is InChI=1S/C49H73NO11/c1-7-8-9-10-11-12-13-14-15-16-17-18-19-20-24-27-36(52)61-49-37-33(29-47(55,44(59-6)42(49)53)43(37)60-45(54)32-25-22-21-23-26-32)48-35(57-4)28-34(51)46(31-56-3)30-50(2)41(48)38(49)39(58-5)40(46)48/h11-12,14-15,21-23,25-26,33-35,37-44,51,53,55H,7-10,13,16-20,24,27-31H2,1-6H3/b12-11-,15-14-/t33-,34?,35+,37-,38+,39+,40-,41-,42+,43-,44+,46+,47+,48+,49-/m1/s1. The Morgan fingerprint density at radius 3 is 2.20 bits per heavy atom. The highest BCUT2D eigenvalue weighted by Crippen LogP contribution is 2.80. The number of likely N-dealkylation sites (tertiary alicyclic amines) is 1. The fraction of sp³-hybridized carbons (Fsp3) is 0.755. The van der Waals surface area contributed by atoms with Crippen LogP contribution < -0.4 is 0 Å². The molecule has 0 aromatic heterocycles. The van der Waals surface area contributed by atoms with Gasteiger partial charge in [-0.05, 0) is 70.0 Å². The number of ether oxygens (including phenoxy) is 6. The molecule has 1 aromatic carbocycles. The number of piperidine rings is 1. The van der Waals surface area contributed by atoms with Crippen LogP contribution in [0.4, 0.5) is 0 Å². The number of unbranched alkanes of at least 4 members (excludes halogenated alkanes) is 8. The van der Waals surface area contributed by atoms with Gasteiger partial charge in [-0.25, -0.2) is 4.79 Å². The van der Waals surface area contributed by atoms with Crippen molar-refractivity contribution in [2.75, 3.05) is 48.6 Å². The van der Waals surface area contributed by atoms with Gasteiger partial charge in [-0.3, -0.25) is 4.79 Å². The minimum Gasteiger partial charge on any atom is -0.455 e. The van der Waals surface area contributed by atoms with Crippen molar-refractivity contribution < 1.29 is 53.3 Å². The molecule has 7 bridgehead atoms. The molecule has 6 fully saturated rings. The largest absolute Gasteiger partial charge is 0.455 e. The highest BCUT2D eigenvalue weighted by Gasteiger charge is 2.92. The molecular formula is C49H73NO11. The maximum Gasteiger partial charge on any atom is 0.338 e. The molecule has 1 aliphatic heterocycles. The van der Waals surface area contributed by atoms with Crippen molar-refractivity contribution in [3.05, 3.63) is 60.2 Å². The number of carbonyl (C=O) groups is 2. The molecule has 6 aliphatic rings. The number of hydrogen-bond acceptors (Lipinski definition) is 12. The lowest BCUT2D eigenvalue weighted by Gasteiger charge is -2.70. The van der Waals surface area contributed by atoms with Gasteiger partial charge in [0.15, 0.2) is 5.60 Å². The van der Waals surface area contributed by atoms with Gasteiger partial charge in [0.2, 0.25) is 0 Å². The summed E-state index contributed by atoms with van der Waals surface area (Å²) in [7, 11) is 8.37. The molecule has 1 saturated heterocycles. The lowest BCUT2D eigenvalue weighted by molar-refractivity contribution is -0.321. The molecule has 1 heterocycles. The second-order valence-corrected chi connectivity index (χ2v) is 19.1. The van der Waals surface area contributed by atoms with E-state index in [9.17, 15) is 24.9 Å². The Morgan fingerprint density at radius 2 is 1.54 bits per heavy atom. The van der Waals surface area contributed by atoms with Gasteiger partial charge in [0.25, 0.3) is 0 Å². The van der Waals surface area contributed by atoms with Crippen LogP contribution in [-0.2, 0) is 33.2 Å². The number of rotatable bonds is 22. The average molecular weight is 852 g/mol. The topological polar surface area (TPSA) is 153 Å². The number of benzene rings is 1. The average Bonchev–Trinajstić information content (AvgIpc) is 3.64. The number of nitrogens with zero attached hydrogens (tertiary/aromatic N) is 1. The van der Waals surface area contributed by atoms with Gasteiger partial charge in [0.05, 0.1) is 30.5 Å².